The van der Waals surface area contributed by atoms with Gasteiger partial charge in [-0.05, 0) is 52.9 Å². The molecule has 1 heterocycles. The van der Waals surface area contributed by atoms with Crippen molar-refractivity contribution in [1.29, 1.82) is 0 Å². The zero-order chi connectivity index (χ0) is 28.8. The van der Waals surface area contributed by atoms with Gasteiger partial charge < -0.3 is 9.84 Å². The van der Waals surface area contributed by atoms with Gasteiger partial charge in [-0.3, -0.25) is 9.71 Å². The zero-order valence-corrected chi connectivity index (χ0v) is 22.4. The minimum absolute atomic E-state index is 0.0345. The molecule has 0 aliphatic carbocycles. The third-order valence-corrected chi connectivity index (χ3v) is 7.63. The Labute approximate surface area is 227 Å². The number of alkyl halides is 3. The Morgan fingerprint density at radius 1 is 1.00 bits per heavy atom. The van der Waals surface area contributed by atoms with Crippen LogP contribution >= 0.6 is 11.6 Å². The molecule has 0 unspecified atom stereocenters. The van der Waals surface area contributed by atoms with Gasteiger partial charge in [0.15, 0.2) is 0 Å². The lowest BCUT2D eigenvalue weighted by Crippen LogP contribution is -2.18. The molecule has 0 bridgehead atoms. The number of pyridine rings is 1. The summed E-state index contributed by atoms with van der Waals surface area (Å²) >= 11 is 6.41. The fourth-order valence-electron chi connectivity index (χ4n) is 4.01. The molecule has 0 amide bonds. The fourth-order valence-corrected chi connectivity index (χ4v) is 5.39. The summed E-state index contributed by atoms with van der Waals surface area (Å²) in [5.41, 5.74) is 0.396. The van der Waals surface area contributed by atoms with Crippen molar-refractivity contribution in [3.05, 3.63) is 83.0 Å². The molecule has 0 atom stereocenters. The fraction of sp³-hybridized carbons (Fsp3) is 0.185. The Kier molecular flexibility index (Phi) is 7.26. The quantitative estimate of drug-likeness (QED) is 0.250. The number of hydrogen-bond acceptors (Lipinski definition) is 5. The van der Waals surface area contributed by atoms with E-state index in [0.717, 1.165) is 17.7 Å². The molecule has 4 rings (SSSR count). The van der Waals surface area contributed by atoms with E-state index in [2.05, 4.69) is 14.4 Å². The number of aromatic carboxylic acids is 1. The number of nitrogens with zero attached hydrogens (tertiary/aromatic N) is 1. The van der Waals surface area contributed by atoms with Crippen molar-refractivity contribution in [2.45, 2.75) is 37.4 Å². The molecule has 0 aliphatic rings. The number of rotatable bonds is 6. The van der Waals surface area contributed by atoms with Crippen molar-refractivity contribution < 1.29 is 36.2 Å². The Morgan fingerprint density at radius 3 is 2.26 bits per heavy atom. The molecule has 0 spiro atoms. The van der Waals surface area contributed by atoms with Crippen molar-refractivity contribution in [2.24, 2.45) is 0 Å². The first-order valence-corrected chi connectivity index (χ1v) is 13.3. The largest absolute Gasteiger partial charge is 0.573 e. The first-order chi connectivity index (χ1) is 18.1. The van der Waals surface area contributed by atoms with Gasteiger partial charge in [0.2, 0.25) is 0 Å². The number of hydrogen-bond donors (Lipinski definition) is 2. The van der Waals surface area contributed by atoms with E-state index < -0.39 is 33.1 Å². The van der Waals surface area contributed by atoms with Crippen LogP contribution in [-0.4, -0.2) is 30.8 Å². The van der Waals surface area contributed by atoms with Gasteiger partial charge in [0, 0.05) is 17.1 Å². The van der Waals surface area contributed by atoms with E-state index in [1.807, 2.05) is 20.8 Å². The van der Waals surface area contributed by atoms with Crippen LogP contribution < -0.4 is 9.46 Å². The lowest BCUT2D eigenvalue weighted by molar-refractivity contribution is -0.274. The minimum Gasteiger partial charge on any atom is -0.478 e. The van der Waals surface area contributed by atoms with Crippen LogP contribution in [0, 0.1) is 0 Å². The van der Waals surface area contributed by atoms with E-state index >= 15 is 0 Å². The van der Waals surface area contributed by atoms with E-state index in [0.29, 0.717) is 0 Å². The van der Waals surface area contributed by atoms with Crippen LogP contribution in [0.3, 0.4) is 0 Å². The standard InChI is InChI=1S/C27H22ClF3N2O5S/c1-26(2,3)15-6-8-16(9-7-15)39(36,37)33-20-12-13-21(38-27(29,30)31)23(28)22(20)17-10-11-19(25(34)35)24-18(17)5-4-14-32-24/h4-14,33H,1-3H3,(H,34,35). The molecule has 1 aromatic heterocycles. The highest BCUT2D eigenvalue weighted by Crippen LogP contribution is 2.45. The number of sulfonamides is 1. The number of halogens is 4. The number of carbonyl (C=O) groups is 1. The molecule has 204 valence electrons. The van der Waals surface area contributed by atoms with Crippen LogP contribution in [0.2, 0.25) is 5.02 Å². The average Bonchev–Trinajstić information content (AvgIpc) is 2.84. The summed E-state index contributed by atoms with van der Waals surface area (Å²) in [5.74, 6) is -2.04. The first-order valence-electron chi connectivity index (χ1n) is 11.4. The number of fused-ring (bicyclic) bond motifs is 1. The molecule has 0 radical (unpaired) electrons. The summed E-state index contributed by atoms with van der Waals surface area (Å²) in [6.45, 7) is 5.92. The minimum atomic E-state index is -5.08. The highest BCUT2D eigenvalue weighted by molar-refractivity contribution is 7.92. The second-order valence-corrected chi connectivity index (χ2v) is 11.7. The van der Waals surface area contributed by atoms with E-state index in [9.17, 15) is 31.5 Å². The van der Waals surface area contributed by atoms with Gasteiger partial charge in [-0.15, -0.1) is 13.2 Å². The van der Waals surface area contributed by atoms with Gasteiger partial charge in [0.25, 0.3) is 10.0 Å². The number of aromatic nitrogens is 1. The van der Waals surface area contributed by atoms with Gasteiger partial charge in [-0.1, -0.05) is 56.6 Å². The number of benzene rings is 3. The molecule has 39 heavy (non-hydrogen) atoms. The lowest BCUT2D eigenvalue weighted by atomic mass is 9.87. The Bertz CT molecular complexity index is 1680. The molecule has 0 saturated heterocycles. The molecular formula is C27H22ClF3N2O5S. The number of nitrogens with one attached hydrogen (secondary N) is 1. The summed E-state index contributed by atoms with van der Waals surface area (Å²) in [6.07, 6.45) is -3.72. The number of ether oxygens (including phenoxy) is 1. The third-order valence-electron chi connectivity index (χ3n) is 5.88. The summed E-state index contributed by atoms with van der Waals surface area (Å²) in [4.78, 5) is 15.8. The lowest BCUT2D eigenvalue weighted by Gasteiger charge is -2.20. The molecule has 7 nitrogen and oxygen atoms in total. The van der Waals surface area contributed by atoms with Crippen molar-refractivity contribution >= 4 is 44.2 Å². The van der Waals surface area contributed by atoms with E-state index in [1.165, 1.54) is 42.6 Å². The monoisotopic (exact) mass is 578 g/mol. The van der Waals surface area contributed by atoms with Crippen molar-refractivity contribution in [2.75, 3.05) is 4.72 Å². The van der Waals surface area contributed by atoms with Gasteiger partial charge in [0.1, 0.15) is 5.75 Å². The first kappa shape index (κ1) is 28.2. The molecule has 12 heteroatoms. The van der Waals surface area contributed by atoms with Crippen molar-refractivity contribution in [1.82, 2.24) is 4.98 Å². The molecule has 0 saturated carbocycles. The SMILES string of the molecule is CC(C)(C)c1ccc(S(=O)(=O)Nc2ccc(OC(F)(F)F)c(Cl)c2-c2ccc(C(=O)O)c3ncccc23)cc1. The Balaban J connectivity index is 1.92. The van der Waals surface area contributed by atoms with E-state index in [-0.39, 0.29) is 43.6 Å². The summed E-state index contributed by atoms with van der Waals surface area (Å²) in [7, 11) is -4.23. The van der Waals surface area contributed by atoms with Gasteiger partial charge in [-0.2, -0.15) is 0 Å². The predicted molar refractivity (Wildman–Crippen MR) is 142 cm³/mol. The number of anilines is 1. The predicted octanol–water partition coefficient (Wildman–Crippen LogP) is 7.25. The number of carboxylic acid groups (broad SMARTS) is 1. The molecule has 4 aromatic rings. The zero-order valence-electron chi connectivity index (χ0n) is 20.8. The maximum Gasteiger partial charge on any atom is 0.573 e. The molecular weight excluding hydrogens is 557 g/mol. The van der Waals surface area contributed by atoms with Crippen LogP contribution in [-0.2, 0) is 15.4 Å². The van der Waals surface area contributed by atoms with Crippen LogP contribution in [0.4, 0.5) is 18.9 Å². The number of carboxylic acids is 1. The van der Waals surface area contributed by atoms with E-state index in [4.69, 9.17) is 11.6 Å². The second kappa shape index (κ2) is 10.0. The summed E-state index contributed by atoms with van der Waals surface area (Å²) in [5, 5.41) is 9.25. The van der Waals surface area contributed by atoms with Crippen molar-refractivity contribution in [3.8, 4) is 16.9 Å². The normalized spacial score (nSPS) is 12.4. The summed E-state index contributed by atoms with van der Waals surface area (Å²) < 4.78 is 72.4. The van der Waals surface area contributed by atoms with Crippen LogP contribution in [0.25, 0.3) is 22.0 Å². The smallest absolute Gasteiger partial charge is 0.478 e. The van der Waals surface area contributed by atoms with Crippen LogP contribution in [0.15, 0.2) is 71.8 Å². The Morgan fingerprint density at radius 2 is 1.67 bits per heavy atom. The van der Waals surface area contributed by atoms with Gasteiger partial charge in [0.05, 0.1) is 26.7 Å². The molecule has 0 aliphatic heterocycles. The van der Waals surface area contributed by atoms with Gasteiger partial charge >= 0.3 is 12.3 Å². The second-order valence-electron chi connectivity index (χ2n) is 9.59. The van der Waals surface area contributed by atoms with Crippen molar-refractivity contribution in [3.63, 3.8) is 0 Å². The summed E-state index contributed by atoms with van der Waals surface area (Å²) in [6, 6.07) is 13.7. The Hall–Kier alpha value is -3.83. The van der Waals surface area contributed by atoms with E-state index in [1.54, 1.807) is 12.1 Å². The maximum absolute atomic E-state index is 13.3. The van der Waals surface area contributed by atoms with Crippen LogP contribution in [0.5, 0.6) is 5.75 Å². The van der Waals surface area contributed by atoms with Gasteiger partial charge in [-0.25, -0.2) is 13.2 Å². The maximum atomic E-state index is 13.3. The average molecular weight is 579 g/mol. The molecule has 0 fully saturated rings. The molecule has 3 aromatic carbocycles. The van der Waals surface area contributed by atoms with Crippen LogP contribution in [0.1, 0.15) is 36.7 Å². The third kappa shape index (κ3) is 5.94. The molecule has 2 N–H and O–H groups in total. The highest BCUT2D eigenvalue weighted by Gasteiger charge is 2.33. The highest BCUT2D eigenvalue weighted by atomic mass is 35.5. The topological polar surface area (TPSA) is 106 Å².